The molecule has 0 aliphatic carbocycles. The van der Waals surface area contributed by atoms with Crippen LogP contribution in [0.1, 0.15) is 12.8 Å². The molecule has 0 radical (unpaired) electrons. The maximum Gasteiger partial charge on any atom is 0.105 e. The van der Waals surface area contributed by atoms with Crippen LogP contribution in [-0.2, 0) is 11.2 Å². The van der Waals surface area contributed by atoms with Gasteiger partial charge in [0, 0.05) is 6.54 Å². The summed E-state index contributed by atoms with van der Waals surface area (Å²) >= 11 is 3.17. The number of rotatable bonds is 5. The normalized spacial score (nSPS) is 14.3. The molecule has 2 nitrogen and oxygen atoms in total. The minimum absolute atomic E-state index is 0.642. The van der Waals surface area contributed by atoms with E-state index in [2.05, 4.69) is 17.6 Å². The van der Waals surface area contributed by atoms with Crippen molar-refractivity contribution in [3.63, 3.8) is 0 Å². The molecule has 0 aromatic rings. The minimum atomic E-state index is -0.642. The second-order valence-corrected chi connectivity index (χ2v) is 3.79. The van der Waals surface area contributed by atoms with Crippen LogP contribution in [0.25, 0.3) is 0 Å². The van der Waals surface area contributed by atoms with Crippen molar-refractivity contribution in [2.45, 2.75) is 12.8 Å². The lowest BCUT2D eigenvalue weighted by Crippen LogP contribution is -2.02. The van der Waals surface area contributed by atoms with Crippen LogP contribution in [0.2, 0.25) is 0 Å². The fourth-order valence-corrected chi connectivity index (χ4v) is 1.29. The summed E-state index contributed by atoms with van der Waals surface area (Å²) in [4.78, 5) is 3.91. The Kier molecular flexibility index (Phi) is 7.68. The number of hydrogen-bond donors (Lipinski definition) is 1. The summed E-state index contributed by atoms with van der Waals surface area (Å²) in [7, 11) is 0. The number of nitrogens with zero attached hydrogens (tertiary/aromatic N) is 1. The quantitative estimate of drug-likeness (QED) is 0.222. The van der Waals surface area contributed by atoms with Crippen LogP contribution in [0.15, 0.2) is 4.99 Å². The zero-order valence-electron chi connectivity index (χ0n) is 6.12. The fourth-order valence-electron chi connectivity index (χ4n) is 0.566. The number of thiol groups is 1. The molecule has 0 rings (SSSR count). The van der Waals surface area contributed by atoms with Gasteiger partial charge in [0.2, 0.25) is 0 Å². The summed E-state index contributed by atoms with van der Waals surface area (Å²) in [6.45, 7) is 0.806. The third-order valence-electron chi connectivity index (χ3n) is 1.05. The van der Waals surface area contributed by atoms with E-state index >= 15 is 0 Å². The first-order valence-electron chi connectivity index (χ1n) is 3.20. The molecular weight excluding hydrogens is 166 g/mol. The van der Waals surface area contributed by atoms with Gasteiger partial charge in [-0.1, -0.05) is 11.2 Å². The summed E-state index contributed by atoms with van der Waals surface area (Å²) in [5, 5.41) is 0. The van der Waals surface area contributed by atoms with Crippen molar-refractivity contribution < 1.29 is 4.55 Å². The molecule has 1 unspecified atom stereocenters. The Morgan fingerprint density at radius 3 is 2.80 bits per heavy atom. The Hall–Kier alpha value is 0.330. The van der Waals surface area contributed by atoms with Gasteiger partial charge in [0.05, 0.1) is 11.8 Å². The third kappa shape index (κ3) is 8.33. The Balaban J connectivity index is 2.91. The first kappa shape index (κ1) is 10.3. The smallest absolute Gasteiger partial charge is 0.105 e. The molecule has 10 heavy (non-hydrogen) atoms. The molecule has 0 N–H and O–H groups in total. The van der Waals surface area contributed by atoms with Crippen molar-refractivity contribution >= 4 is 29.4 Å². The maximum atomic E-state index is 10.5. The van der Waals surface area contributed by atoms with Crippen LogP contribution in [-0.4, -0.2) is 28.7 Å². The first-order valence-corrected chi connectivity index (χ1v) is 5.44. The monoisotopic (exact) mass is 179 g/mol. The van der Waals surface area contributed by atoms with E-state index in [-0.39, 0.29) is 0 Å². The van der Waals surface area contributed by atoms with E-state index in [4.69, 9.17) is 0 Å². The topological polar surface area (TPSA) is 35.4 Å². The number of unbranched alkanes of at least 4 members (excludes halogenated alkanes) is 1. The Morgan fingerprint density at radius 2 is 2.30 bits per heavy atom. The summed E-state index contributed by atoms with van der Waals surface area (Å²) in [6.07, 6.45) is 3.73. The predicted octanol–water partition coefficient (Wildman–Crippen LogP) is 1.10. The van der Waals surface area contributed by atoms with Crippen LogP contribution >= 0.6 is 12.6 Å². The average molecular weight is 179 g/mol. The zero-order chi connectivity index (χ0) is 7.82. The lowest BCUT2D eigenvalue weighted by atomic mass is 10.3. The molecule has 0 saturated heterocycles. The van der Waals surface area contributed by atoms with Gasteiger partial charge in [-0.25, -0.2) is 0 Å². The van der Waals surface area contributed by atoms with E-state index in [1.165, 1.54) is 5.55 Å². The third-order valence-corrected chi connectivity index (χ3v) is 2.08. The van der Waals surface area contributed by atoms with Crippen LogP contribution in [0.4, 0.5) is 0 Å². The highest BCUT2D eigenvalue weighted by Crippen LogP contribution is 1.94. The van der Waals surface area contributed by atoms with Gasteiger partial charge in [0.1, 0.15) is 5.75 Å². The van der Waals surface area contributed by atoms with Crippen LogP contribution in [0.5, 0.6) is 0 Å². The zero-order valence-corrected chi connectivity index (χ0v) is 7.83. The van der Waals surface area contributed by atoms with E-state index in [9.17, 15) is 4.55 Å². The summed E-state index contributed by atoms with van der Waals surface area (Å²) in [5.74, 6) is 0.794. The summed E-state index contributed by atoms with van der Waals surface area (Å²) < 4.78 is 10.5. The standard InChI is InChI=1S/C6H13NOS2/c1-10(8)5-3-2-4-7-6-9/h6H,2-5H2,1H3,(H,7,9). The Bertz CT molecular complexity index is 95.7. The molecule has 0 fully saturated rings. The summed E-state index contributed by atoms with van der Waals surface area (Å²) in [5.41, 5.74) is 1.50. The lowest BCUT2D eigenvalue weighted by molar-refractivity contribution is 0.596. The van der Waals surface area contributed by atoms with Crippen molar-refractivity contribution in [2.75, 3.05) is 18.6 Å². The van der Waals surface area contributed by atoms with Gasteiger partial charge in [0.25, 0.3) is 0 Å². The molecular formula is C6H13NOS2. The van der Waals surface area contributed by atoms with Crippen molar-refractivity contribution in [3.05, 3.63) is 0 Å². The van der Waals surface area contributed by atoms with Gasteiger partial charge in [-0.3, -0.25) is 4.99 Å². The van der Waals surface area contributed by atoms with Crippen LogP contribution in [0, 0.1) is 0 Å². The Morgan fingerprint density at radius 1 is 1.60 bits per heavy atom. The van der Waals surface area contributed by atoms with Gasteiger partial charge in [-0.2, -0.15) is 0 Å². The maximum absolute atomic E-state index is 10.5. The van der Waals surface area contributed by atoms with E-state index in [1.807, 2.05) is 0 Å². The minimum Gasteiger partial charge on any atom is -0.617 e. The van der Waals surface area contributed by atoms with Crippen molar-refractivity contribution in [1.29, 1.82) is 0 Å². The van der Waals surface area contributed by atoms with E-state index in [0.717, 1.165) is 25.1 Å². The van der Waals surface area contributed by atoms with E-state index < -0.39 is 11.2 Å². The van der Waals surface area contributed by atoms with Gasteiger partial charge < -0.3 is 4.55 Å². The molecule has 0 aromatic heterocycles. The second-order valence-electron chi connectivity index (χ2n) is 2.01. The number of hydrogen-bond acceptors (Lipinski definition) is 2. The van der Waals surface area contributed by atoms with Crippen LogP contribution in [0.3, 0.4) is 0 Å². The van der Waals surface area contributed by atoms with Crippen LogP contribution < -0.4 is 0 Å². The van der Waals surface area contributed by atoms with Crippen molar-refractivity contribution in [2.24, 2.45) is 4.99 Å². The highest BCUT2D eigenvalue weighted by Gasteiger charge is 1.94. The highest BCUT2D eigenvalue weighted by molar-refractivity contribution is 7.94. The van der Waals surface area contributed by atoms with E-state index in [1.54, 1.807) is 6.26 Å². The van der Waals surface area contributed by atoms with Gasteiger partial charge >= 0.3 is 0 Å². The van der Waals surface area contributed by atoms with Crippen molar-refractivity contribution in [3.8, 4) is 0 Å². The average Bonchev–Trinajstić information content (AvgIpc) is 1.87. The molecule has 0 saturated carbocycles. The molecule has 0 aliphatic rings. The molecule has 60 valence electrons. The molecule has 0 aliphatic heterocycles. The Labute approximate surface area is 70.7 Å². The van der Waals surface area contributed by atoms with Gasteiger partial charge in [0.15, 0.2) is 0 Å². The van der Waals surface area contributed by atoms with Gasteiger partial charge in [-0.05, 0) is 12.8 Å². The largest absolute Gasteiger partial charge is 0.617 e. The SMILES string of the molecule is C[S+]([O-])CCCCN=CS. The van der Waals surface area contributed by atoms with Crippen molar-refractivity contribution in [1.82, 2.24) is 0 Å². The molecule has 0 bridgehead atoms. The molecule has 0 amide bonds. The molecule has 0 aromatic carbocycles. The predicted molar refractivity (Wildman–Crippen MR) is 50.5 cm³/mol. The molecule has 1 atom stereocenters. The molecule has 0 heterocycles. The highest BCUT2D eigenvalue weighted by atomic mass is 32.2. The molecule has 0 spiro atoms. The lowest BCUT2D eigenvalue weighted by Gasteiger charge is -2.02. The molecule has 4 heteroatoms. The second kappa shape index (κ2) is 7.44. The fraction of sp³-hybridized carbons (Fsp3) is 0.833. The first-order chi connectivity index (χ1) is 4.77. The number of aliphatic imine (C=N–C) groups is 1. The van der Waals surface area contributed by atoms with Gasteiger partial charge in [-0.15, -0.1) is 12.6 Å². The van der Waals surface area contributed by atoms with E-state index in [0.29, 0.717) is 0 Å². The summed E-state index contributed by atoms with van der Waals surface area (Å²) in [6, 6.07) is 0.